The zero-order valence-corrected chi connectivity index (χ0v) is 15.7. The molecule has 2 heterocycles. The Hall–Kier alpha value is -2.96. The molecule has 0 bridgehead atoms. The quantitative estimate of drug-likeness (QED) is 0.774. The van der Waals surface area contributed by atoms with Crippen molar-refractivity contribution in [3.63, 3.8) is 0 Å². The maximum atomic E-state index is 12.5. The van der Waals surface area contributed by atoms with Gasteiger partial charge in [-0.25, -0.2) is 0 Å². The van der Waals surface area contributed by atoms with E-state index in [1.54, 1.807) is 6.20 Å². The summed E-state index contributed by atoms with van der Waals surface area (Å²) in [4.78, 5) is 38.6. The molecule has 1 saturated carbocycles. The van der Waals surface area contributed by atoms with Crippen molar-refractivity contribution in [3.8, 4) is 0 Å². The minimum atomic E-state index is -0.311. The molecule has 0 radical (unpaired) electrons. The number of nitrogens with zero attached hydrogens (tertiary/aromatic N) is 3. The average molecular weight is 380 g/mol. The molecule has 1 N–H and O–H groups in total. The van der Waals surface area contributed by atoms with Gasteiger partial charge in [-0.3, -0.25) is 24.0 Å². The van der Waals surface area contributed by atoms with E-state index >= 15 is 0 Å². The van der Waals surface area contributed by atoms with E-state index in [2.05, 4.69) is 10.4 Å². The molecule has 1 aromatic carbocycles. The fraction of sp³-hybridized carbons (Fsp3) is 0.429. The molecule has 0 unspecified atom stereocenters. The first-order valence-corrected chi connectivity index (χ1v) is 9.79. The van der Waals surface area contributed by atoms with Crippen molar-refractivity contribution in [3.05, 3.63) is 53.9 Å². The van der Waals surface area contributed by atoms with Crippen LogP contribution in [-0.4, -0.2) is 38.9 Å². The van der Waals surface area contributed by atoms with Gasteiger partial charge >= 0.3 is 0 Å². The normalized spacial score (nSPS) is 21.6. The molecule has 1 aliphatic carbocycles. The molecule has 1 saturated heterocycles. The third-order valence-corrected chi connectivity index (χ3v) is 5.72. The van der Waals surface area contributed by atoms with Crippen molar-refractivity contribution in [2.45, 2.75) is 38.8 Å². The number of carbonyl (C=O) groups excluding carboxylic acids is 3. The summed E-state index contributed by atoms with van der Waals surface area (Å²) in [6, 6.07) is 9.70. The Kier molecular flexibility index (Phi) is 5.23. The number of benzene rings is 1. The van der Waals surface area contributed by atoms with Crippen LogP contribution in [-0.2, 0) is 27.5 Å². The maximum Gasteiger partial charge on any atom is 0.240 e. The highest BCUT2D eigenvalue weighted by molar-refractivity contribution is 6.07. The largest absolute Gasteiger partial charge is 0.350 e. The molecule has 7 heteroatoms. The summed E-state index contributed by atoms with van der Waals surface area (Å²) >= 11 is 0. The number of likely N-dealkylation sites (tertiary alicyclic amines) is 1. The summed E-state index contributed by atoms with van der Waals surface area (Å²) in [6.07, 6.45) is 7.09. The standard InChI is InChI=1S/C21H24N4O3/c26-19(14-25-20(27)17-8-3-4-9-18(17)21(25)28)22-12-15-6-1-2-7-16(15)13-24-11-5-10-23-24/h1-2,5-7,10-11,17-18H,3-4,8-9,12-14H2,(H,22,26)/t17-,18-/m1/s1. The van der Waals surface area contributed by atoms with E-state index < -0.39 is 0 Å². The van der Waals surface area contributed by atoms with Crippen molar-refractivity contribution < 1.29 is 14.4 Å². The van der Waals surface area contributed by atoms with E-state index in [0.717, 1.165) is 41.7 Å². The monoisotopic (exact) mass is 380 g/mol. The minimum absolute atomic E-state index is 0.177. The van der Waals surface area contributed by atoms with Crippen LogP contribution in [0.5, 0.6) is 0 Å². The number of nitrogens with one attached hydrogen (secondary N) is 1. The molecule has 3 amide bonds. The molecule has 146 valence electrons. The average Bonchev–Trinajstić information content (AvgIpc) is 3.30. The summed E-state index contributed by atoms with van der Waals surface area (Å²) in [6.45, 7) is 0.775. The van der Waals surface area contributed by atoms with E-state index in [4.69, 9.17) is 0 Å². The van der Waals surface area contributed by atoms with Gasteiger partial charge in [-0.05, 0) is 30.0 Å². The number of amides is 3. The highest BCUT2D eigenvalue weighted by Crippen LogP contribution is 2.37. The van der Waals surface area contributed by atoms with Gasteiger partial charge in [0.2, 0.25) is 17.7 Å². The Morgan fingerprint density at radius 2 is 1.71 bits per heavy atom. The third kappa shape index (κ3) is 3.69. The van der Waals surface area contributed by atoms with Gasteiger partial charge in [0.15, 0.2) is 0 Å². The molecule has 0 spiro atoms. The number of rotatable bonds is 6. The SMILES string of the molecule is O=C(CN1C(=O)[C@@H]2CCCC[C@H]2C1=O)NCc1ccccc1Cn1cccn1. The second kappa shape index (κ2) is 7.96. The lowest BCUT2D eigenvalue weighted by Crippen LogP contribution is -2.40. The second-order valence-corrected chi connectivity index (χ2v) is 7.51. The lowest BCUT2D eigenvalue weighted by molar-refractivity contribution is -0.143. The fourth-order valence-corrected chi connectivity index (χ4v) is 4.23. The minimum Gasteiger partial charge on any atom is -0.350 e. The van der Waals surface area contributed by atoms with Gasteiger partial charge in [-0.1, -0.05) is 37.1 Å². The zero-order valence-electron chi connectivity index (χ0n) is 15.7. The van der Waals surface area contributed by atoms with E-state index in [9.17, 15) is 14.4 Å². The highest BCUT2D eigenvalue weighted by Gasteiger charge is 2.48. The molecule has 4 rings (SSSR count). The van der Waals surface area contributed by atoms with Gasteiger partial charge in [-0.2, -0.15) is 5.10 Å². The molecule has 1 aliphatic heterocycles. The van der Waals surface area contributed by atoms with Crippen LogP contribution in [0.4, 0.5) is 0 Å². The summed E-state index contributed by atoms with van der Waals surface area (Å²) in [5, 5.41) is 7.07. The number of hydrogen-bond donors (Lipinski definition) is 1. The number of aromatic nitrogens is 2. The topological polar surface area (TPSA) is 84.3 Å². The van der Waals surface area contributed by atoms with Gasteiger partial charge < -0.3 is 5.32 Å². The molecule has 28 heavy (non-hydrogen) atoms. The summed E-state index contributed by atoms with van der Waals surface area (Å²) in [7, 11) is 0. The Labute approximate surface area is 163 Å². The van der Waals surface area contributed by atoms with Crippen LogP contribution in [0.1, 0.15) is 36.8 Å². The van der Waals surface area contributed by atoms with Crippen molar-refractivity contribution in [2.75, 3.05) is 6.54 Å². The van der Waals surface area contributed by atoms with E-state index in [1.807, 2.05) is 41.2 Å². The van der Waals surface area contributed by atoms with Gasteiger partial charge in [-0.15, -0.1) is 0 Å². The van der Waals surface area contributed by atoms with Crippen LogP contribution < -0.4 is 5.32 Å². The van der Waals surface area contributed by atoms with Crippen molar-refractivity contribution in [1.82, 2.24) is 20.0 Å². The maximum absolute atomic E-state index is 12.5. The van der Waals surface area contributed by atoms with Crippen LogP contribution in [0.3, 0.4) is 0 Å². The first-order chi connectivity index (χ1) is 13.6. The molecule has 2 fully saturated rings. The van der Waals surface area contributed by atoms with Crippen molar-refractivity contribution in [1.29, 1.82) is 0 Å². The molecular formula is C21H24N4O3. The smallest absolute Gasteiger partial charge is 0.240 e. The zero-order chi connectivity index (χ0) is 19.5. The molecule has 7 nitrogen and oxygen atoms in total. The molecule has 2 aliphatic rings. The molecule has 2 atom stereocenters. The summed E-state index contributed by atoms with van der Waals surface area (Å²) in [5.41, 5.74) is 2.05. The highest BCUT2D eigenvalue weighted by atomic mass is 16.2. The Morgan fingerprint density at radius 3 is 2.36 bits per heavy atom. The fourth-order valence-electron chi connectivity index (χ4n) is 4.23. The Bertz CT molecular complexity index is 854. The predicted octanol–water partition coefficient (Wildman–Crippen LogP) is 1.72. The lowest BCUT2D eigenvalue weighted by atomic mass is 9.81. The third-order valence-electron chi connectivity index (χ3n) is 5.72. The van der Waals surface area contributed by atoms with Crippen LogP contribution in [0.15, 0.2) is 42.7 Å². The predicted molar refractivity (Wildman–Crippen MR) is 102 cm³/mol. The van der Waals surface area contributed by atoms with Crippen LogP contribution >= 0.6 is 0 Å². The molecule has 2 aromatic rings. The van der Waals surface area contributed by atoms with Crippen LogP contribution in [0.25, 0.3) is 0 Å². The van der Waals surface area contributed by atoms with E-state index in [-0.39, 0.29) is 36.1 Å². The van der Waals surface area contributed by atoms with E-state index in [0.29, 0.717) is 13.1 Å². The first-order valence-electron chi connectivity index (χ1n) is 9.79. The number of carbonyl (C=O) groups is 3. The summed E-state index contributed by atoms with van der Waals surface area (Å²) < 4.78 is 1.82. The van der Waals surface area contributed by atoms with Crippen molar-refractivity contribution in [2.24, 2.45) is 11.8 Å². The van der Waals surface area contributed by atoms with Crippen molar-refractivity contribution >= 4 is 17.7 Å². The van der Waals surface area contributed by atoms with Crippen LogP contribution in [0, 0.1) is 11.8 Å². The molecular weight excluding hydrogens is 356 g/mol. The second-order valence-electron chi connectivity index (χ2n) is 7.51. The van der Waals surface area contributed by atoms with Gasteiger partial charge in [0, 0.05) is 18.9 Å². The Morgan fingerprint density at radius 1 is 1.04 bits per heavy atom. The lowest BCUT2D eigenvalue weighted by Gasteiger charge is -2.19. The van der Waals surface area contributed by atoms with Gasteiger partial charge in [0.05, 0.1) is 18.4 Å². The summed E-state index contributed by atoms with van der Waals surface area (Å²) in [5.74, 6) is -1.10. The van der Waals surface area contributed by atoms with E-state index in [1.165, 1.54) is 0 Å². The number of imide groups is 1. The first kappa shape index (κ1) is 18.4. The van der Waals surface area contributed by atoms with Crippen LogP contribution in [0.2, 0.25) is 0 Å². The van der Waals surface area contributed by atoms with Gasteiger partial charge in [0.25, 0.3) is 0 Å². The van der Waals surface area contributed by atoms with Gasteiger partial charge in [0.1, 0.15) is 6.54 Å². The Balaban J connectivity index is 1.36. The number of fused-ring (bicyclic) bond motifs is 1. The molecule has 1 aromatic heterocycles. The number of hydrogen-bond acceptors (Lipinski definition) is 4.